The number of hydrogen-bond acceptors (Lipinski definition) is 3. The number of nitrogens with zero attached hydrogens (tertiary/aromatic N) is 2. The van der Waals surface area contributed by atoms with E-state index >= 15 is 0 Å². The molecule has 0 aliphatic heterocycles. The summed E-state index contributed by atoms with van der Waals surface area (Å²) in [4.78, 5) is 4.81. The molecule has 0 saturated heterocycles. The van der Waals surface area contributed by atoms with Crippen LogP contribution in [0, 0.1) is 0 Å². The van der Waals surface area contributed by atoms with Gasteiger partial charge in [0.25, 0.3) is 0 Å². The van der Waals surface area contributed by atoms with E-state index in [1.165, 1.54) is 63.3 Å². The minimum atomic E-state index is 1.13. The number of benzene rings is 10. The molecule has 0 aliphatic carbocycles. The van der Waals surface area contributed by atoms with E-state index in [-0.39, 0.29) is 0 Å². The first-order valence-electron chi connectivity index (χ1n) is 18.7. The summed E-state index contributed by atoms with van der Waals surface area (Å²) in [6, 6.07) is 75.5. The van der Waals surface area contributed by atoms with Crippen molar-refractivity contribution < 1.29 is 0 Å². The Bertz CT molecular complexity index is 2870. The van der Waals surface area contributed by atoms with E-state index < -0.39 is 0 Å². The molecule has 3 heteroatoms. The molecule has 0 aliphatic rings. The van der Waals surface area contributed by atoms with Crippen molar-refractivity contribution in [2.24, 2.45) is 0 Å². The predicted molar refractivity (Wildman–Crippen MR) is 239 cm³/mol. The average Bonchev–Trinajstić information content (AvgIpc) is 3.61. The molecule has 0 spiro atoms. The highest BCUT2D eigenvalue weighted by Gasteiger charge is 2.19. The smallest absolute Gasteiger partial charge is 0.0468 e. The summed E-state index contributed by atoms with van der Waals surface area (Å²) in [5, 5.41) is 12.3. The molecule has 0 radical (unpaired) electrons. The molecular formula is C52H34N2S. The fourth-order valence-electron chi connectivity index (χ4n) is 8.19. The van der Waals surface area contributed by atoms with Gasteiger partial charge in [-0.05, 0) is 128 Å². The summed E-state index contributed by atoms with van der Waals surface area (Å²) in [6.07, 6.45) is 0. The van der Waals surface area contributed by atoms with Crippen molar-refractivity contribution in [3.8, 4) is 0 Å². The van der Waals surface area contributed by atoms with Gasteiger partial charge in [0, 0.05) is 54.3 Å². The molecule has 0 N–H and O–H groups in total. The summed E-state index contributed by atoms with van der Waals surface area (Å²) < 4.78 is 2.55. The molecule has 0 saturated carbocycles. The lowest BCUT2D eigenvalue weighted by Crippen LogP contribution is -2.10. The zero-order valence-electron chi connectivity index (χ0n) is 29.9. The van der Waals surface area contributed by atoms with Crippen molar-refractivity contribution in [1.82, 2.24) is 0 Å². The third kappa shape index (κ3) is 5.56. The molecule has 0 bridgehead atoms. The second-order valence-electron chi connectivity index (χ2n) is 14.3. The number of thiophene rings is 1. The Balaban J connectivity index is 1.10. The monoisotopic (exact) mass is 718 g/mol. The zero-order valence-corrected chi connectivity index (χ0v) is 30.7. The fraction of sp³-hybridized carbons (Fsp3) is 0. The van der Waals surface area contributed by atoms with Gasteiger partial charge in [0.05, 0.1) is 0 Å². The van der Waals surface area contributed by atoms with Gasteiger partial charge in [-0.3, -0.25) is 0 Å². The molecule has 1 aromatic heterocycles. The van der Waals surface area contributed by atoms with E-state index in [1.807, 2.05) is 11.3 Å². The molecule has 258 valence electrons. The molecular weight excluding hydrogens is 685 g/mol. The average molecular weight is 719 g/mol. The Morgan fingerprint density at radius 1 is 0.236 bits per heavy atom. The van der Waals surface area contributed by atoms with Crippen molar-refractivity contribution in [3.05, 3.63) is 206 Å². The van der Waals surface area contributed by atoms with Crippen LogP contribution in [0.25, 0.3) is 63.3 Å². The van der Waals surface area contributed by atoms with Crippen LogP contribution in [0.4, 0.5) is 34.1 Å². The van der Waals surface area contributed by atoms with Crippen LogP contribution in [-0.4, -0.2) is 0 Å². The van der Waals surface area contributed by atoms with Crippen molar-refractivity contribution in [1.29, 1.82) is 0 Å². The largest absolute Gasteiger partial charge is 0.310 e. The van der Waals surface area contributed by atoms with Crippen molar-refractivity contribution in [2.75, 3.05) is 9.80 Å². The van der Waals surface area contributed by atoms with Gasteiger partial charge in [0.15, 0.2) is 0 Å². The maximum Gasteiger partial charge on any atom is 0.0468 e. The van der Waals surface area contributed by atoms with E-state index in [2.05, 4.69) is 216 Å². The summed E-state index contributed by atoms with van der Waals surface area (Å²) in [5.41, 5.74) is 6.78. The first-order valence-corrected chi connectivity index (χ1v) is 19.6. The molecule has 11 rings (SSSR count). The molecule has 0 fully saturated rings. The second kappa shape index (κ2) is 12.9. The number of hydrogen-bond donors (Lipinski definition) is 0. The van der Waals surface area contributed by atoms with Crippen LogP contribution in [-0.2, 0) is 0 Å². The Labute approximate surface area is 323 Å². The van der Waals surface area contributed by atoms with Gasteiger partial charge in [0.2, 0.25) is 0 Å². The van der Waals surface area contributed by atoms with Gasteiger partial charge in [0.1, 0.15) is 0 Å². The number of rotatable bonds is 6. The van der Waals surface area contributed by atoms with E-state index in [0.717, 1.165) is 34.1 Å². The molecule has 0 atom stereocenters. The van der Waals surface area contributed by atoms with Crippen LogP contribution >= 0.6 is 11.3 Å². The van der Waals surface area contributed by atoms with Gasteiger partial charge < -0.3 is 9.80 Å². The van der Waals surface area contributed by atoms with Crippen LogP contribution in [0.15, 0.2) is 206 Å². The van der Waals surface area contributed by atoms with Crippen molar-refractivity contribution in [3.63, 3.8) is 0 Å². The lowest BCUT2D eigenvalue weighted by molar-refractivity contribution is 1.30. The van der Waals surface area contributed by atoms with Crippen molar-refractivity contribution >= 4 is 109 Å². The molecule has 0 amide bonds. The third-order valence-corrected chi connectivity index (χ3v) is 12.1. The summed E-state index contributed by atoms with van der Waals surface area (Å²) in [5.74, 6) is 0. The van der Waals surface area contributed by atoms with E-state index in [9.17, 15) is 0 Å². The normalized spacial score (nSPS) is 11.6. The Morgan fingerprint density at radius 2 is 0.491 bits per heavy atom. The molecule has 11 aromatic rings. The Kier molecular flexibility index (Phi) is 7.39. The molecule has 0 unspecified atom stereocenters. The van der Waals surface area contributed by atoms with Crippen molar-refractivity contribution in [2.45, 2.75) is 0 Å². The standard InChI is InChI=1S/C52H34N2S/c1-5-13-39-29-43(21-17-35(39)9-1)53(44-22-18-36-10-2-6-14-40(36)30-44)47-25-27-51-49(33-47)50-34-48(26-28-52(50)55-51)54(45-23-19-37-11-3-7-15-41(37)31-45)46-24-20-38-12-4-8-16-42(38)32-46/h1-34H. The van der Waals surface area contributed by atoms with Gasteiger partial charge >= 0.3 is 0 Å². The lowest BCUT2D eigenvalue weighted by atomic mass is 10.0. The van der Waals surface area contributed by atoms with Crippen LogP contribution in [0.2, 0.25) is 0 Å². The Hall–Kier alpha value is -6.94. The maximum atomic E-state index is 2.40. The van der Waals surface area contributed by atoms with Gasteiger partial charge in [-0.25, -0.2) is 0 Å². The highest BCUT2D eigenvalue weighted by atomic mass is 32.1. The van der Waals surface area contributed by atoms with Crippen LogP contribution in [0.3, 0.4) is 0 Å². The summed E-state index contributed by atoms with van der Waals surface area (Å²) >= 11 is 1.86. The first kappa shape index (κ1) is 31.6. The topological polar surface area (TPSA) is 6.48 Å². The highest BCUT2D eigenvalue weighted by molar-refractivity contribution is 7.25. The second-order valence-corrected chi connectivity index (χ2v) is 15.3. The van der Waals surface area contributed by atoms with Crippen LogP contribution in [0.5, 0.6) is 0 Å². The van der Waals surface area contributed by atoms with E-state index in [4.69, 9.17) is 0 Å². The highest BCUT2D eigenvalue weighted by Crippen LogP contribution is 2.45. The fourth-order valence-corrected chi connectivity index (χ4v) is 9.26. The van der Waals surface area contributed by atoms with E-state index in [1.54, 1.807) is 0 Å². The predicted octanol–water partition coefficient (Wildman–Crippen LogP) is 15.6. The van der Waals surface area contributed by atoms with Gasteiger partial charge in [-0.2, -0.15) is 0 Å². The summed E-state index contributed by atoms with van der Waals surface area (Å²) in [7, 11) is 0. The summed E-state index contributed by atoms with van der Waals surface area (Å²) in [6.45, 7) is 0. The third-order valence-electron chi connectivity index (χ3n) is 10.9. The van der Waals surface area contributed by atoms with Gasteiger partial charge in [-0.1, -0.05) is 121 Å². The van der Waals surface area contributed by atoms with Gasteiger partial charge in [-0.15, -0.1) is 11.3 Å². The maximum absolute atomic E-state index is 2.40. The lowest BCUT2D eigenvalue weighted by Gasteiger charge is -2.27. The molecule has 2 nitrogen and oxygen atoms in total. The molecule has 55 heavy (non-hydrogen) atoms. The SMILES string of the molecule is c1ccc2cc(N(c3ccc4ccccc4c3)c3ccc4sc5ccc(N(c6ccc7ccccc7c6)c6ccc7ccccc7c6)cc5c4c3)ccc2c1. The molecule has 1 heterocycles. The minimum Gasteiger partial charge on any atom is -0.310 e. The van der Waals surface area contributed by atoms with Crippen LogP contribution < -0.4 is 9.80 Å². The minimum absolute atomic E-state index is 1.13. The number of anilines is 6. The quantitative estimate of drug-likeness (QED) is 0.169. The zero-order chi connectivity index (χ0) is 36.3. The Morgan fingerprint density at radius 3 is 0.800 bits per heavy atom. The van der Waals surface area contributed by atoms with Crippen LogP contribution in [0.1, 0.15) is 0 Å². The van der Waals surface area contributed by atoms with E-state index in [0.29, 0.717) is 0 Å². The number of fused-ring (bicyclic) bond motifs is 7. The molecule has 10 aromatic carbocycles. The first-order chi connectivity index (χ1) is 27.2.